The van der Waals surface area contributed by atoms with Gasteiger partial charge in [-0.2, -0.15) is 0 Å². The molecule has 3 rings (SSSR count). The fourth-order valence-electron chi connectivity index (χ4n) is 2.91. The number of halogens is 1. The van der Waals surface area contributed by atoms with E-state index in [2.05, 4.69) is 5.32 Å². The Kier molecular flexibility index (Phi) is 7.22. The van der Waals surface area contributed by atoms with Gasteiger partial charge < -0.3 is 5.32 Å². The second-order valence-electron chi connectivity index (χ2n) is 6.87. The van der Waals surface area contributed by atoms with E-state index in [1.807, 2.05) is 0 Å². The Hall–Kier alpha value is -2.88. The van der Waals surface area contributed by atoms with E-state index < -0.39 is 25.8 Å². The van der Waals surface area contributed by atoms with E-state index in [1.165, 1.54) is 49.5 Å². The van der Waals surface area contributed by atoms with Crippen molar-refractivity contribution in [2.45, 2.75) is 9.79 Å². The predicted molar refractivity (Wildman–Crippen MR) is 124 cm³/mol. The molecule has 32 heavy (non-hydrogen) atoms. The second-order valence-corrected chi connectivity index (χ2v) is 11.4. The van der Waals surface area contributed by atoms with Gasteiger partial charge in [-0.1, -0.05) is 41.9 Å². The third kappa shape index (κ3) is 5.48. The van der Waals surface area contributed by atoms with Gasteiger partial charge in [-0.15, -0.1) is 0 Å². The molecule has 1 amide bonds. The van der Waals surface area contributed by atoms with E-state index in [4.69, 9.17) is 11.6 Å². The normalized spacial score (nSPS) is 11.7. The molecule has 0 spiro atoms. The monoisotopic (exact) mass is 492 g/mol. The van der Waals surface area contributed by atoms with Crippen LogP contribution in [0.3, 0.4) is 0 Å². The molecule has 10 heteroatoms. The molecule has 0 atom stereocenters. The number of anilines is 1. The summed E-state index contributed by atoms with van der Waals surface area (Å²) in [6, 6.07) is 19.9. The Balaban J connectivity index is 1.72. The van der Waals surface area contributed by atoms with Crippen LogP contribution < -0.4 is 9.62 Å². The Morgan fingerprint density at radius 2 is 1.53 bits per heavy atom. The van der Waals surface area contributed by atoms with Crippen molar-refractivity contribution >= 4 is 43.1 Å². The van der Waals surface area contributed by atoms with Gasteiger partial charge in [0.05, 0.1) is 21.2 Å². The van der Waals surface area contributed by atoms with Crippen LogP contribution in [0.15, 0.2) is 88.7 Å². The van der Waals surface area contributed by atoms with Gasteiger partial charge in [0, 0.05) is 24.2 Å². The molecule has 0 saturated carbocycles. The predicted octanol–water partition coefficient (Wildman–Crippen LogP) is 3.37. The summed E-state index contributed by atoms with van der Waals surface area (Å²) in [6.07, 6.45) is 0. The lowest BCUT2D eigenvalue weighted by atomic mass is 10.2. The van der Waals surface area contributed by atoms with Gasteiger partial charge in [0.2, 0.25) is 0 Å². The van der Waals surface area contributed by atoms with Crippen LogP contribution in [0.4, 0.5) is 5.69 Å². The summed E-state index contributed by atoms with van der Waals surface area (Å²) in [7, 11) is -6.10. The molecule has 7 nitrogen and oxygen atoms in total. The van der Waals surface area contributed by atoms with Crippen molar-refractivity contribution in [3.8, 4) is 0 Å². The minimum Gasteiger partial charge on any atom is -0.351 e. The number of sulfone groups is 1. The summed E-state index contributed by atoms with van der Waals surface area (Å²) in [5.41, 5.74) is 0.473. The summed E-state index contributed by atoms with van der Waals surface area (Å²) < 4.78 is 51.7. The molecule has 0 aliphatic heterocycles. The van der Waals surface area contributed by atoms with Crippen molar-refractivity contribution in [1.82, 2.24) is 5.32 Å². The van der Waals surface area contributed by atoms with Crippen LogP contribution in [0.5, 0.6) is 0 Å². The molecule has 0 aliphatic rings. The highest BCUT2D eigenvalue weighted by atomic mass is 35.5. The first-order valence-electron chi connectivity index (χ1n) is 9.52. The highest BCUT2D eigenvalue weighted by Crippen LogP contribution is 2.25. The minimum absolute atomic E-state index is 0.0791. The van der Waals surface area contributed by atoms with Gasteiger partial charge in [-0.05, 0) is 48.5 Å². The van der Waals surface area contributed by atoms with Gasteiger partial charge in [0.15, 0.2) is 9.84 Å². The van der Waals surface area contributed by atoms with Crippen LogP contribution in [0.25, 0.3) is 0 Å². The van der Waals surface area contributed by atoms with Crippen molar-refractivity contribution < 1.29 is 21.6 Å². The van der Waals surface area contributed by atoms with Crippen molar-refractivity contribution in [3.05, 3.63) is 89.4 Å². The lowest BCUT2D eigenvalue weighted by Gasteiger charge is -2.20. The van der Waals surface area contributed by atoms with Crippen LogP contribution in [-0.2, 0) is 19.9 Å². The quantitative estimate of drug-likeness (QED) is 0.519. The Morgan fingerprint density at radius 1 is 0.875 bits per heavy atom. The summed E-state index contributed by atoms with van der Waals surface area (Å²) in [5, 5.41) is 2.92. The molecule has 0 aliphatic carbocycles. The third-order valence-corrected chi connectivity index (χ3v) is 8.43. The second kappa shape index (κ2) is 9.72. The van der Waals surface area contributed by atoms with Crippen LogP contribution in [0, 0.1) is 0 Å². The van der Waals surface area contributed by atoms with Gasteiger partial charge >= 0.3 is 0 Å². The molecule has 1 N–H and O–H groups in total. The van der Waals surface area contributed by atoms with Gasteiger partial charge in [0.25, 0.3) is 15.9 Å². The molecule has 0 aromatic heterocycles. The van der Waals surface area contributed by atoms with E-state index in [0.29, 0.717) is 10.7 Å². The number of nitrogens with zero attached hydrogens (tertiary/aromatic N) is 1. The van der Waals surface area contributed by atoms with Gasteiger partial charge in [0.1, 0.15) is 0 Å². The van der Waals surface area contributed by atoms with Crippen LogP contribution in [0.2, 0.25) is 5.02 Å². The maximum atomic E-state index is 13.0. The Labute approximate surface area is 192 Å². The molecule has 0 saturated heterocycles. The van der Waals surface area contributed by atoms with Crippen molar-refractivity contribution in [3.63, 3.8) is 0 Å². The molecule has 0 unspecified atom stereocenters. The zero-order valence-electron chi connectivity index (χ0n) is 17.1. The molecule has 0 heterocycles. The van der Waals surface area contributed by atoms with Gasteiger partial charge in [-0.3, -0.25) is 9.10 Å². The number of sulfonamides is 1. The molecular weight excluding hydrogens is 472 g/mol. The largest absolute Gasteiger partial charge is 0.351 e. The number of benzene rings is 3. The number of carbonyl (C=O) groups excluding carboxylic acids is 1. The average molecular weight is 493 g/mol. The van der Waals surface area contributed by atoms with Crippen LogP contribution in [-0.4, -0.2) is 42.1 Å². The maximum absolute atomic E-state index is 13.0. The fraction of sp³-hybridized carbons (Fsp3) is 0.136. The number of carbonyl (C=O) groups is 1. The number of hydrogen-bond donors (Lipinski definition) is 1. The first-order chi connectivity index (χ1) is 15.1. The summed E-state index contributed by atoms with van der Waals surface area (Å²) >= 11 is 5.95. The SMILES string of the molecule is CN(c1cccc(Cl)c1)S(=O)(=O)c1cccc(C(=O)NCCS(=O)(=O)c2ccccc2)c1. The van der Waals surface area contributed by atoms with Crippen molar-refractivity contribution in [1.29, 1.82) is 0 Å². The zero-order chi connectivity index (χ0) is 23.4. The first kappa shape index (κ1) is 23.8. The number of hydrogen-bond acceptors (Lipinski definition) is 5. The highest BCUT2D eigenvalue weighted by Gasteiger charge is 2.23. The molecular formula is C22H21ClN2O5S2. The van der Waals surface area contributed by atoms with E-state index in [-0.39, 0.29) is 27.7 Å². The average Bonchev–Trinajstić information content (AvgIpc) is 2.79. The molecule has 168 valence electrons. The summed E-state index contributed by atoms with van der Waals surface area (Å²) in [5.74, 6) is -0.853. The summed E-state index contributed by atoms with van der Waals surface area (Å²) in [6.45, 7) is -0.116. The third-order valence-electron chi connectivity index (χ3n) is 4.69. The molecule has 0 fully saturated rings. The zero-order valence-corrected chi connectivity index (χ0v) is 19.5. The number of nitrogens with one attached hydrogen (secondary N) is 1. The number of rotatable bonds is 8. The number of amides is 1. The minimum atomic E-state index is -3.95. The molecule has 3 aromatic rings. The van der Waals surface area contributed by atoms with Crippen LogP contribution >= 0.6 is 11.6 Å². The molecule has 3 aromatic carbocycles. The smallest absolute Gasteiger partial charge is 0.264 e. The Morgan fingerprint density at radius 3 is 2.22 bits per heavy atom. The lowest BCUT2D eigenvalue weighted by molar-refractivity contribution is 0.0956. The van der Waals surface area contributed by atoms with Crippen molar-refractivity contribution in [2.24, 2.45) is 0 Å². The topological polar surface area (TPSA) is 101 Å². The van der Waals surface area contributed by atoms with E-state index >= 15 is 0 Å². The fourth-order valence-corrected chi connectivity index (χ4v) is 5.51. The standard InChI is InChI=1S/C22H21ClN2O5S2/c1-25(19-9-6-8-18(23)16-19)32(29,30)21-12-5-7-17(15-21)22(26)24-13-14-31(27,28)20-10-3-2-4-11-20/h2-12,15-16H,13-14H2,1H3,(H,24,26). The maximum Gasteiger partial charge on any atom is 0.264 e. The molecule has 0 radical (unpaired) electrons. The Bertz CT molecular complexity index is 1330. The van der Waals surface area contributed by atoms with E-state index in [9.17, 15) is 21.6 Å². The van der Waals surface area contributed by atoms with Crippen molar-refractivity contribution in [2.75, 3.05) is 23.7 Å². The van der Waals surface area contributed by atoms with Crippen LogP contribution in [0.1, 0.15) is 10.4 Å². The van der Waals surface area contributed by atoms with Gasteiger partial charge in [-0.25, -0.2) is 16.8 Å². The lowest BCUT2D eigenvalue weighted by Crippen LogP contribution is -2.30. The summed E-state index contributed by atoms with van der Waals surface area (Å²) in [4.78, 5) is 12.6. The van der Waals surface area contributed by atoms with E-state index in [1.54, 1.807) is 36.4 Å². The first-order valence-corrected chi connectivity index (χ1v) is 13.0. The highest BCUT2D eigenvalue weighted by molar-refractivity contribution is 7.92. The van der Waals surface area contributed by atoms with E-state index in [0.717, 1.165) is 4.31 Å². The molecule has 0 bridgehead atoms.